The molecule has 138 valence electrons. The van der Waals surface area contributed by atoms with E-state index in [9.17, 15) is 14.7 Å². The van der Waals surface area contributed by atoms with Crippen molar-refractivity contribution in [2.75, 3.05) is 0 Å². The van der Waals surface area contributed by atoms with E-state index in [1.54, 1.807) is 0 Å². The van der Waals surface area contributed by atoms with E-state index in [0.717, 1.165) is 38.4 Å². The van der Waals surface area contributed by atoms with E-state index in [1.807, 2.05) is 6.08 Å². The van der Waals surface area contributed by atoms with Gasteiger partial charge < -0.3 is 9.90 Å². The highest BCUT2D eigenvalue weighted by Gasteiger charge is 2.62. The minimum atomic E-state index is -0.312. The molecule has 0 amide bonds. The number of carbonyl (C=O) groups excluding carboxylic acids is 2. The number of rotatable bonds is 2. The number of allylic oxidation sites excluding steroid dienone is 1. The second-order valence-electron chi connectivity index (χ2n) is 9.84. The molecule has 0 bridgehead atoms. The van der Waals surface area contributed by atoms with Gasteiger partial charge >= 0.3 is 0 Å². The number of aliphatic hydroxyl groups excluding tert-OH is 1. The van der Waals surface area contributed by atoms with Crippen LogP contribution in [0.3, 0.4) is 0 Å². The van der Waals surface area contributed by atoms with Crippen molar-refractivity contribution in [3.8, 4) is 0 Å². The van der Waals surface area contributed by atoms with Crippen molar-refractivity contribution in [2.45, 2.75) is 71.8 Å². The Labute approximate surface area is 151 Å². The zero-order chi connectivity index (χ0) is 18.0. The van der Waals surface area contributed by atoms with Gasteiger partial charge in [0.2, 0.25) is 0 Å². The van der Waals surface area contributed by atoms with Crippen LogP contribution in [0.15, 0.2) is 11.6 Å². The molecule has 0 aliphatic heterocycles. The standard InChI is InChI=1S/C22H32O3/c1-13(12-23)17-6-7-18-16-5-4-14-10-15(24)8-9-21(14,2)20(16)19(25)11-22(17,18)3/h10,12-13,16-20,25H,4-9,11H2,1-3H3/t13-,16?,17-,18?,19+,20?,21+,22-/m1/s1. The van der Waals surface area contributed by atoms with Crippen LogP contribution >= 0.6 is 0 Å². The Morgan fingerprint density at radius 2 is 2.00 bits per heavy atom. The molecule has 3 saturated carbocycles. The number of carbonyl (C=O) groups is 2. The predicted molar refractivity (Wildman–Crippen MR) is 96.8 cm³/mol. The van der Waals surface area contributed by atoms with Gasteiger partial charge in [0.05, 0.1) is 6.10 Å². The summed E-state index contributed by atoms with van der Waals surface area (Å²) in [6.07, 6.45) is 9.46. The van der Waals surface area contributed by atoms with Crippen LogP contribution in [0, 0.1) is 40.4 Å². The Morgan fingerprint density at radius 3 is 2.72 bits per heavy atom. The lowest BCUT2D eigenvalue weighted by atomic mass is 9.45. The zero-order valence-corrected chi connectivity index (χ0v) is 15.8. The second kappa shape index (κ2) is 5.77. The van der Waals surface area contributed by atoms with Gasteiger partial charge in [-0.2, -0.15) is 0 Å². The van der Waals surface area contributed by atoms with Crippen LogP contribution in [0.4, 0.5) is 0 Å². The summed E-state index contributed by atoms with van der Waals surface area (Å²) in [7, 11) is 0. The first-order chi connectivity index (χ1) is 11.8. The number of fused-ring (bicyclic) bond motifs is 5. The number of aliphatic hydroxyl groups is 1. The van der Waals surface area contributed by atoms with Gasteiger partial charge in [0.1, 0.15) is 6.29 Å². The van der Waals surface area contributed by atoms with E-state index >= 15 is 0 Å². The maximum absolute atomic E-state index is 11.9. The number of hydrogen-bond donors (Lipinski definition) is 1. The fourth-order valence-electron chi connectivity index (χ4n) is 7.68. The van der Waals surface area contributed by atoms with Gasteiger partial charge in [0.25, 0.3) is 0 Å². The molecule has 8 atom stereocenters. The molecule has 0 radical (unpaired) electrons. The van der Waals surface area contributed by atoms with Gasteiger partial charge in [-0.05, 0) is 79.1 Å². The first-order valence-corrected chi connectivity index (χ1v) is 10.2. The molecule has 0 aromatic carbocycles. The third kappa shape index (κ3) is 2.34. The summed E-state index contributed by atoms with van der Waals surface area (Å²) >= 11 is 0. The van der Waals surface area contributed by atoms with Crippen molar-refractivity contribution in [3.05, 3.63) is 11.6 Å². The fraction of sp³-hybridized carbons (Fsp3) is 0.818. The number of ketones is 1. The normalized spacial score (nSPS) is 50.3. The molecular formula is C22H32O3. The largest absolute Gasteiger partial charge is 0.393 e. The lowest BCUT2D eigenvalue weighted by Gasteiger charge is -2.60. The maximum Gasteiger partial charge on any atom is 0.155 e. The fourth-order valence-corrected chi connectivity index (χ4v) is 7.68. The third-order valence-electron chi connectivity index (χ3n) is 8.82. The van der Waals surface area contributed by atoms with Gasteiger partial charge in [-0.1, -0.05) is 26.3 Å². The van der Waals surface area contributed by atoms with Gasteiger partial charge in [-0.3, -0.25) is 4.79 Å². The average Bonchev–Trinajstić information content (AvgIpc) is 2.91. The van der Waals surface area contributed by atoms with Crippen molar-refractivity contribution in [1.29, 1.82) is 0 Å². The lowest BCUT2D eigenvalue weighted by molar-refractivity contribution is -0.138. The first kappa shape index (κ1) is 17.5. The molecule has 3 nitrogen and oxygen atoms in total. The van der Waals surface area contributed by atoms with Crippen LogP contribution in [0.25, 0.3) is 0 Å². The molecule has 1 N–H and O–H groups in total. The zero-order valence-electron chi connectivity index (χ0n) is 15.8. The summed E-state index contributed by atoms with van der Waals surface area (Å²) in [6.45, 7) is 6.70. The van der Waals surface area contributed by atoms with Crippen molar-refractivity contribution < 1.29 is 14.7 Å². The Bertz CT molecular complexity index is 623. The summed E-state index contributed by atoms with van der Waals surface area (Å²) in [5, 5.41) is 11.3. The molecule has 3 heteroatoms. The molecule has 3 fully saturated rings. The molecule has 0 spiro atoms. The Balaban J connectivity index is 1.70. The van der Waals surface area contributed by atoms with Crippen molar-refractivity contribution in [2.24, 2.45) is 40.4 Å². The van der Waals surface area contributed by atoms with Gasteiger partial charge in [-0.15, -0.1) is 0 Å². The summed E-state index contributed by atoms with van der Waals surface area (Å²) in [4.78, 5) is 23.4. The van der Waals surface area contributed by atoms with E-state index in [0.29, 0.717) is 24.2 Å². The Morgan fingerprint density at radius 1 is 1.24 bits per heavy atom. The molecule has 3 unspecified atom stereocenters. The quantitative estimate of drug-likeness (QED) is 0.772. The van der Waals surface area contributed by atoms with Crippen LogP contribution in [0.1, 0.15) is 65.7 Å². The molecule has 25 heavy (non-hydrogen) atoms. The lowest BCUT2D eigenvalue weighted by Crippen LogP contribution is -2.56. The van der Waals surface area contributed by atoms with Crippen LogP contribution in [-0.4, -0.2) is 23.3 Å². The SMILES string of the molecule is C[C@H](C=O)[C@H]1CCC2C3CCC4=CC(=O)CC[C@]4(C)C3[C@@H](O)C[C@@]21C. The monoisotopic (exact) mass is 344 g/mol. The molecule has 0 saturated heterocycles. The highest BCUT2D eigenvalue weighted by atomic mass is 16.3. The maximum atomic E-state index is 11.9. The van der Waals surface area contributed by atoms with Crippen LogP contribution < -0.4 is 0 Å². The van der Waals surface area contributed by atoms with Gasteiger partial charge in [0, 0.05) is 12.3 Å². The Hall–Kier alpha value is -0.960. The number of aldehydes is 1. The van der Waals surface area contributed by atoms with Crippen molar-refractivity contribution in [3.63, 3.8) is 0 Å². The molecule has 0 aromatic rings. The van der Waals surface area contributed by atoms with E-state index in [2.05, 4.69) is 20.8 Å². The van der Waals surface area contributed by atoms with Crippen molar-refractivity contribution >= 4 is 12.1 Å². The van der Waals surface area contributed by atoms with Crippen molar-refractivity contribution in [1.82, 2.24) is 0 Å². The second-order valence-corrected chi connectivity index (χ2v) is 9.84. The van der Waals surface area contributed by atoms with Crippen LogP contribution in [0.5, 0.6) is 0 Å². The molecule has 4 aliphatic carbocycles. The number of hydrogen-bond acceptors (Lipinski definition) is 3. The molecular weight excluding hydrogens is 312 g/mol. The average molecular weight is 344 g/mol. The summed E-state index contributed by atoms with van der Waals surface area (Å²) in [6, 6.07) is 0. The first-order valence-electron chi connectivity index (χ1n) is 10.2. The molecule has 4 rings (SSSR count). The Kier molecular flexibility index (Phi) is 4.03. The summed E-state index contributed by atoms with van der Waals surface area (Å²) in [5.74, 6) is 2.19. The minimum Gasteiger partial charge on any atom is -0.393 e. The molecule has 0 aromatic heterocycles. The van der Waals surface area contributed by atoms with E-state index in [4.69, 9.17) is 0 Å². The molecule has 0 heterocycles. The van der Waals surface area contributed by atoms with Gasteiger partial charge in [0.15, 0.2) is 5.78 Å². The molecule has 4 aliphatic rings. The van der Waals surface area contributed by atoms with E-state index in [-0.39, 0.29) is 34.6 Å². The topological polar surface area (TPSA) is 54.4 Å². The summed E-state index contributed by atoms with van der Waals surface area (Å²) < 4.78 is 0. The predicted octanol–water partition coefficient (Wildman–Crippen LogP) is 3.94. The smallest absolute Gasteiger partial charge is 0.155 e. The highest BCUT2D eigenvalue weighted by Crippen LogP contribution is 2.67. The highest BCUT2D eigenvalue weighted by molar-refractivity contribution is 5.91. The van der Waals surface area contributed by atoms with Gasteiger partial charge in [-0.25, -0.2) is 0 Å². The minimum absolute atomic E-state index is 0.00800. The van der Waals surface area contributed by atoms with E-state index in [1.165, 1.54) is 12.0 Å². The third-order valence-corrected chi connectivity index (χ3v) is 8.82. The van der Waals surface area contributed by atoms with Crippen LogP contribution in [0.2, 0.25) is 0 Å². The van der Waals surface area contributed by atoms with Crippen LogP contribution in [-0.2, 0) is 9.59 Å². The van der Waals surface area contributed by atoms with E-state index < -0.39 is 0 Å². The summed E-state index contributed by atoms with van der Waals surface area (Å²) in [5.41, 5.74) is 1.37.